The number of nitrogens with one attached hydrogen (secondary N) is 1. The van der Waals surface area contributed by atoms with Crippen molar-refractivity contribution in [3.8, 4) is 0 Å². The summed E-state index contributed by atoms with van der Waals surface area (Å²) >= 11 is 1.30. The Morgan fingerprint density at radius 1 is 1.45 bits per heavy atom. The van der Waals surface area contributed by atoms with E-state index in [4.69, 9.17) is 4.74 Å². The molecule has 1 amide bonds. The van der Waals surface area contributed by atoms with Crippen LogP contribution in [0.15, 0.2) is 11.5 Å². The van der Waals surface area contributed by atoms with Gasteiger partial charge in [0.25, 0.3) is 0 Å². The molecule has 1 saturated carbocycles. The Balaban J connectivity index is 2.24. The molecule has 0 spiro atoms. The summed E-state index contributed by atoms with van der Waals surface area (Å²) in [5.74, 6) is -0.142. The Hall–Kier alpha value is -1.69. The number of esters is 1. The van der Waals surface area contributed by atoms with Gasteiger partial charge in [0.1, 0.15) is 0 Å². The maximum atomic E-state index is 11.9. The van der Waals surface area contributed by atoms with Gasteiger partial charge in [0.2, 0.25) is 5.91 Å². The van der Waals surface area contributed by atoms with E-state index >= 15 is 0 Å². The summed E-state index contributed by atoms with van der Waals surface area (Å²) in [6.07, 6.45) is 6.56. The van der Waals surface area contributed by atoms with Gasteiger partial charge in [-0.25, -0.2) is 9.78 Å². The summed E-state index contributed by atoms with van der Waals surface area (Å²) in [5, 5.41) is 4.88. The molecule has 1 N–H and O–H groups in total. The van der Waals surface area contributed by atoms with Crippen LogP contribution in [-0.4, -0.2) is 24.0 Å². The van der Waals surface area contributed by atoms with Crippen LogP contribution in [0.2, 0.25) is 0 Å². The molecule has 0 bridgehead atoms. The van der Waals surface area contributed by atoms with E-state index in [2.05, 4.69) is 10.3 Å². The second kappa shape index (κ2) is 6.65. The van der Waals surface area contributed by atoms with Crippen molar-refractivity contribution in [2.45, 2.75) is 32.6 Å². The normalized spacial score (nSPS) is 16.2. The number of rotatable bonds is 4. The summed E-state index contributed by atoms with van der Waals surface area (Å²) in [5.41, 5.74) is 1.06. The zero-order valence-corrected chi connectivity index (χ0v) is 12.5. The third kappa shape index (κ3) is 3.66. The highest BCUT2D eigenvalue weighted by atomic mass is 32.1. The van der Waals surface area contributed by atoms with Crippen molar-refractivity contribution >= 4 is 33.9 Å². The number of carbonyl (C=O) groups excluding carboxylic acids is 2. The van der Waals surface area contributed by atoms with Gasteiger partial charge in [-0.15, -0.1) is 11.3 Å². The molecule has 1 aromatic rings. The molecule has 0 aliphatic heterocycles. The lowest BCUT2D eigenvalue weighted by Crippen LogP contribution is -2.08. The first-order chi connectivity index (χ1) is 9.60. The van der Waals surface area contributed by atoms with Gasteiger partial charge in [-0.2, -0.15) is 0 Å². The summed E-state index contributed by atoms with van der Waals surface area (Å²) in [7, 11) is 1.37. The van der Waals surface area contributed by atoms with Crippen molar-refractivity contribution in [2.24, 2.45) is 5.92 Å². The molecule has 0 atom stereocenters. The predicted molar refractivity (Wildman–Crippen MR) is 78.4 cm³/mol. The summed E-state index contributed by atoms with van der Waals surface area (Å²) in [6, 6.07) is 0. The number of anilines is 1. The summed E-state index contributed by atoms with van der Waals surface area (Å²) in [4.78, 5) is 27.2. The van der Waals surface area contributed by atoms with Crippen LogP contribution in [0.1, 0.15) is 38.3 Å². The highest BCUT2D eigenvalue weighted by molar-refractivity contribution is 7.14. The van der Waals surface area contributed by atoms with Gasteiger partial charge in [0.15, 0.2) is 5.13 Å². The van der Waals surface area contributed by atoms with E-state index in [1.165, 1.54) is 38.2 Å². The Morgan fingerprint density at radius 3 is 2.75 bits per heavy atom. The van der Waals surface area contributed by atoms with E-state index in [0.29, 0.717) is 22.3 Å². The van der Waals surface area contributed by atoms with Crippen LogP contribution in [-0.2, 0) is 14.3 Å². The molecule has 0 radical (unpaired) electrons. The van der Waals surface area contributed by atoms with Crippen molar-refractivity contribution in [2.75, 3.05) is 12.4 Å². The second-order valence-electron chi connectivity index (χ2n) is 4.84. The minimum atomic E-state index is -0.378. The molecule has 20 heavy (non-hydrogen) atoms. The Kier molecular flexibility index (Phi) is 4.89. The van der Waals surface area contributed by atoms with Crippen LogP contribution in [0.25, 0.3) is 5.57 Å². The lowest BCUT2D eigenvalue weighted by molar-refractivity contribution is -0.133. The van der Waals surface area contributed by atoms with Gasteiger partial charge in [0.05, 0.1) is 18.4 Å². The Labute approximate surface area is 122 Å². The smallest absolute Gasteiger partial charge is 0.339 e. The fraction of sp³-hybridized carbons (Fsp3) is 0.500. The number of nitrogens with zero attached hydrogens (tertiary/aromatic N) is 1. The molecular formula is C14H18N2O3S. The summed E-state index contributed by atoms with van der Waals surface area (Å²) in [6.45, 7) is 1.43. The molecule has 1 fully saturated rings. The first-order valence-corrected chi connectivity index (χ1v) is 7.51. The van der Waals surface area contributed by atoms with E-state index in [0.717, 1.165) is 12.8 Å². The van der Waals surface area contributed by atoms with E-state index in [-0.39, 0.29) is 11.9 Å². The number of hydrogen-bond acceptors (Lipinski definition) is 5. The van der Waals surface area contributed by atoms with E-state index < -0.39 is 0 Å². The van der Waals surface area contributed by atoms with Gasteiger partial charge in [-0.05, 0) is 18.8 Å². The number of amides is 1. The quantitative estimate of drug-likeness (QED) is 0.685. The second-order valence-corrected chi connectivity index (χ2v) is 5.69. The molecule has 2 rings (SSSR count). The molecule has 5 nitrogen and oxygen atoms in total. The number of thiazole rings is 1. The minimum absolute atomic E-state index is 0.176. The van der Waals surface area contributed by atoms with Crippen LogP contribution in [0.5, 0.6) is 0 Å². The van der Waals surface area contributed by atoms with Gasteiger partial charge < -0.3 is 10.1 Å². The molecule has 6 heteroatoms. The van der Waals surface area contributed by atoms with Gasteiger partial charge >= 0.3 is 5.97 Å². The molecular weight excluding hydrogens is 276 g/mol. The van der Waals surface area contributed by atoms with Crippen LogP contribution < -0.4 is 5.32 Å². The standard InChI is InChI=1S/C14H18N2O3S/c1-9(17)15-14-16-12(8-20-14)11(13(18)19-2)7-10-5-3-4-6-10/h7-8,10H,3-6H2,1-2H3,(H,15,16,17)/b11-7-. The number of carbonyl (C=O) groups is 2. The van der Waals surface area contributed by atoms with Crippen molar-refractivity contribution in [3.05, 3.63) is 17.2 Å². The zero-order valence-electron chi connectivity index (χ0n) is 11.6. The number of hydrogen-bond donors (Lipinski definition) is 1. The average Bonchev–Trinajstić information content (AvgIpc) is 3.05. The fourth-order valence-corrected chi connectivity index (χ4v) is 3.09. The van der Waals surface area contributed by atoms with Crippen LogP contribution in [0.4, 0.5) is 5.13 Å². The third-order valence-electron chi connectivity index (χ3n) is 3.27. The third-order valence-corrected chi connectivity index (χ3v) is 4.03. The van der Waals surface area contributed by atoms with Gasteiger partial charge in [0, 0.05) is 12.3 Å². The van der Waals surface area contributed by atoms with E-state index in [1.54, 1.807) is 5.38 Å². The topological polar surface area (TPSA) is 68.3 Å². The fourth-order valence-electron chi connectivity index (χ4n) is 2.33. The lowest BCUT2D eigenvalue weighted by atomic mass is 10.0. The number of allylic oxidation sites excluding steroid dienone is 1. The van der Waals surface area contributed by atoms with E-state index in [9.17, 15) is 9.59 Å². The SMILES string of the molecule is COC(=O)/C(=C\C1CCCC1)c1csc(NC(C)=O)n1. The largest absolute Gasteiger partial charge is 0.465 e. The van der Waals surface area contributed by atoms with E-state index in [1.807, 2.05) is 6.08 Å². The predicted octanol–water partition coefficient (Wildman–Crippen LogP) is 2.85. The molecule has 1 aliphatic rings. The molecule has 1 aromatic heterocycles. The molecule has 1 aliphatic carbocycles. The van der Waals surface area contributed by atoms with Crippen molar-refractivity contribution in [1.29, 1.82) is 0 Å². The highest BCUT2D eigenvalue weighted by Gasteiger charge is 2.20. The summed E-state index contributed by atoms with van der Waals surface area (Å²) < 4.78 is 4.84. The molecule has 0 unspecified atom stereocenters. The highest BCUT2D eigenvalue weighted by Crippen LogP contribution is 2.30. The molecule has 1 heterocycles. The van der Waals surface area contributed by atoms with Crippen LogP contribution in [0, 0.1) is 5.92 Å². The molecule has 0 saturated heterocycles. The van der Waals surface area contributed by atoms with Crippen LogP contribution >= 0.6 is 11.3 Å². The first-order valence-electron chi connectivity index (χ1n) is 6.63. The average molecular weight is 294 g/mol. The minimum Gasteiger partial charge on any atom is -0.465 e. The number of ether oxygens (including phenoxy) is 1. The first kappa shape index (κ1) is 14.7. The van der Waals surface area contributed by atoms with Crippen molar-refractivity contribution in [3.63, 3.8) is 0 Å². The van der Waals surface area contributed by atoms with Gasteiger partial charge in [-0.1, -0.05) is 18.9 Å². The Bertz CT molecular complexity index is 530. The number of aromatic nitrogens is 1. The zero-order chi connectivity index (χ0) is 14.5. The molecule has 108 valence electrons. The molecule has 0 aromatic carbocycles. The number of methoxy groups -OCH3 is 1. The van der Waals surface area contributed by atoms with Crippen molar-refractivity contribution in [1.82, 2.24) is 4.98 Å². The van der Waals surface area contributed by atoms with Gasteiger partial charge in [-0.3, -0.25) is 4.79 Å². The lowest BCUT2D eigenvalue weighted by Gasteiger charge is -2.06. The maximum absolute atomic E-state index is 11.9. The van der Waals surface area contributed by atoms with Crippen molar-refractivity contribution < 1.29 is 14.3 Å². The van der Waals surface area contributed by atoms with Crippen LogP contribution in [0.3, 0.4) is 0 Å². The monoisotopic (exact) mass is 294 g/mol. The Morgan fingerprint density at radius 2 is 2.15 bits per heavy atom. The maximum Gasteiger partial charge on any atom is 0.339 e.